The first-order valence-corrected chi connectivity index (χ1v) is 7.73. The van der Waals surface area contributed by atoms with Gasteiger partial charge in [0.1, 0.15) is 6.20 Å². The third-order valence-corrected chi connectivity index (χ3v) is 3.97. The molecule has 0 radical (unpaired) electrons. The lowest BCUT2D eigenvalue weighted by Gasteiger charge is -2.13. The summed E-state index contributed by atoms with van der Waals surface area (Å²) in [5, 5.41) is 16.2. The van der Waals surface area contributed by atoms with Crippen LogP contribution in [0.3, 0.4) is 0 Å². The van der Waals surface area contributed by atoms with E-state index in [0.29, 0.717) is 16.7 Å². The van der Waals surface area contributed by atoms with Gasteiger partial charge >= 0.3 is 5.82 Å². The number of hydrogen-bond donors (Lipinski definition) is 1. The third kappa shape index (κ3) is 3.27. The molecule has 7 heteroatoms. The van der Waals surface area contributed by atoms with Crippen LogP contribution < -0.4 is 5.32 Å². The van der Waals surface area contributed by atoms with Crippen molar-refractivity contribution in [2.24, 2.45) is 5.92 Å². The number of hydrogen-bond acceptors (Lipinski definition) is 5. The molecule has 0 aliphatic rings. The van der Waals surface area contributed by atoms with E-state index in [-0.39, 0.29) is 16.8 Å². The molecular formula is C13H20N4O2S. The molecule has 0 aromatic carbocycles. The highest BCUT2D eigenvalue weighted by atomic mass is 32.1. The largest absolute Gasteiger partial charge is 0.372 e. The van der Waals surface area contributed by atoms with E-state index in [4.69, 9.17) is 0 Å². The van der Waals surface area contributed by atoms with E-state index in [9.17, 15) is 10.1 Å². The molecule has 0 aliphatic carbocycles. The van der Waals surface area contributed by atoms with Gasteiger partial charge in [0.25, 0.3) is 4.96 Å². The molecule has 0 saturated heterocycles. The number of rotatable bonds is 7. The number of thiazole rings is 1. The zero-order chi connectivity index (χ0) is 14.7. The molecule has 0 saturated carbocycles. The predicted octanol–water partition coefficient (Wildman–Crippen LogP) is 3.93. The summed E-state index contributed by atoms with van der Waals surface area (Å²) in [5.74, 6) is 1.09. The van der Waals surface area contributed by atoms with Gasteiger partial charge in [-0.05, 0) is 24.2 Å². The molecule has 2 aromatic rings. The number of nitro groups is 1. The smallest absolute Gasteiger partial charge is 0.360 e. The number of nitrogens with zero attached hydrogens (tertiary/aromatic N) is 3. The van der Waals surface area contributed by atoms with Crippen molar-refractivity contribution in [1.29, 1.82) is 0 Å². The monoisotopic (exact) mass is 296 g/mol. The fraction of sp³-hybridized carbons (Fsp3) is 0.615. The Bertz CT molecular complexity index is 590. The van der Waals surface area contributed by atoms with Gasteiger partial charge in [0, 0.05) is 11.4 Å². The molecule has 1 N–H and O–H groups in total. The fourth-order valence-corrected chi connectivity index (χ4v) is 2.89. The van der Waals surface area contributed by atoms with E-state index in [0.717, 1.165) is 12.8 Å². The molecule has 1 atom stereocenters. The fourth-order valence-electron chi connectivity index (χ4n) is 2.18. The highest BCUT2D eigenvalue weighted by Crippen LogP contribution is 2.28. The Morgan fingerprint density at radius 3 is 2.85 bits per heavy atom. The molecule has 20 heavy (non-hydrogen) atoms. The maximum Gasteiger partial charge on any atom is 0.372 e. The quantitative estimate of drug-likeness (QED) is 0.620. The Kier molecular flexibility index (Phi) is 4.59. The van der Waals surface area contributed by atoms with Gasteiger partial charge < -0.3 is 15.4 Å². The van der Waals surface area contributed by atoms with Crippen LogP contribution in [0.1, 0.15) is 40.0 Å². The van der Waals surface area contributed by atoms with E-state index in [2.05, 4.69) is 24.1 Å². The summed E-state index contributed by atoms with van der Waals surface area (Å²) in [7, 11) is 0. The van der Waals surface area contributed by atoms with Crippen LogP contribution in [0.5, 0.6) is 0 Å². The van der Waals surface area contributed by atoms with Crippen LogP contribution in [0.15, 0.2) is 11.6 Å². The van der Waals surface area contributed by atoms with E-state index < -0.39 is 0 Å². The maximum atomic E-state index is 11.2. The molecule has 6 nitrogen and oxygen atoms in total. The summed E-state index contributed by atoms with van der Waals surface area (Å²) >= 11 is 1.40. The van der Waals surface area contributed by atoms with Crippen molar-refractivity contribution in [1.82, 2.24) is 9.38 Å². The van der Waals surface area contributed by atoms with Crippen LogP contribution >= 0.6 is 11.3 Å². The van der Waals surface area contributed by atoms with Gasteiger partial charge in [-0.3, -0.25) is 0 Å². The lowest BCUT2D eigenvalue weighted by atomic mass is 10.0. The molecule has 2 aromatic heterocycles. The molecule has 2 rings (SSSR count). The van der Waals surface area contributed by atoms with Crippen LogP contribution in [0.4, 0.5) is 11.6 Å². The lowest BCUT2D eigenvalue weighted by molar-refractivity contribution is -0.389. The molecule has 0 spiro atoms. The van der Waals surface area contributed by atoms with Crippen LogP contribution in [0.2, 0.25) is 0 Å². The number of imidazole rings is 1. The highest BCUT2D eigenvalue weighted by Gasteiger charge is 2.24. The molecule has 1 unspecified atom stereocenters. The summed E-state index contributed by atoms with van der Waals surface area (Å²) < 4.78 is 1.52. The number of anilines is 1. The van der Waals surface area contributed by atoms with Gasteiger partial charge in [-0.25, -0.2) is 0 Å². The van der Waals surface area contributed by atoms with Crippen LogP contribution in [-0.4, -0.2) is 20.3 Å². The SMILES string of the molecule is CC(C)CCCC(C)Nc1nc2sccn2c1[N+](=O)[O-]. The predicted molar refractivity (Wildman–Crippen MR) is 81.5 cm³/mol. The van der Waals surface area contributed by atoms with Gasteiger partial charge in [-0.1, -0.05) is 38.0 Å². The van der Waals surface area contributed by atoms with Crippen molar-refractivity contribution in [3.63, 3.8) is 0 Å². The Morgan fingerprint density at radius 1 is 1.45 bits per heavy atom. The molecular weight excluding hydrogens is 276 g/mol. The van der Waals surface area contributed by atoms with E-state index in [1.165, 1.54) is 22.2 Å². The van der Waals surface area contributed by atoms with Crippen LogP contribution in [0.25, 0.3) is 4.96 Å². The molecule has 0 bridgehead atoms. The minimum absolute atomic E-state index is 0.0250. The van der Waals surface area contributed by atoms with Crippen molar-refractivity contribution in [3.8, 4) is 0 Å². The standard InChI is InChI=1S/C13H20N4O2S/c1-9(2)5-4-6-10(3)14-11-12(17(18)19)16-7-8-20-13(16)15-11/h7-10,14H,4-6H2,1-3H3. The third-order valence-electron chi connectivity index (χ3n) is 3.21. The summed E-state index contributed by atoms with van der Waals surface area (Å²) in [6.07, 6.45) is 4.95. The normalized spacial score (nSPS) is 13.0. The van der Waals surface area contributed by atoms with Crippen molar-refractivity contribution < 1.29 is 4.92 Å². The van der Waals surface area contributed by atoms with Crippen LogP contribution in [0, 0.1) is 16.0 Å². The summed E-state index contributed by atoms with van der Waals surface area (Å²) in [6.45, 7) is 6.44. The Labute approximate surface area is 122 Å². The minimum atomic E-state index is -0.379. The summed E-state index contributed by atoms with van der Waals surface area (Å²) in [4.78, 5) is 15.8. The van der Waals surface area contributed by atoms with E-state index in [1.54, 1.807) is 11.6 Å². The van der Waals surface area contributed by atoms with Gasteiger partial charge in [-0.15, -0.1) is 0 Å². The number of aromatic nitrogens is 2. The lowest BCUT2D eigenvalue weighted by Crippen LogP contribution is -2.16. The van der Waals surface area contributed by atoms with Crippen molar-refractivity contribution in [2.75, 3.05) is 5.32 Å². The van der Waals surface area contributed by atoms with Crippen molar-refractivity contribution in [2.45, 2.75) is 46.1 Å². The topological polar surface area (TPSA) is 72.5 Å². The van der Waals surface area contributed by atoms with E-state index in [1.807, 2.05) is 6.92 Å². The highest BCUT2D eigenvalue weighted by molar-refractivity contribution is 7.15. The average molecular weight is 296 g/mol. The van der Waals surface area contributed by atoms with Gasteiger partial charge in [0.15, 0.2) is 0 Å². The first-order chi connectivity index (χ1) is 9.49. The van der Waals surface area contributed by atoms with Crippen LogP contribution in [-0.2, 0) is 0 Å². The molecule has 0 amide bonds. The summed E-state index contributed by atoms with van der Waals surface area (Å²) in [5.41, 5.74) is 0. The second-order valence-electron chi connectivity index (χ2n) is 5.47. The second-order valence-corrected chi connectivity index (χ2v) is 6.34. The molecule has 110 valence electrons. The van der Waals surface area contributed by atoms with E-state index >= 15 is 0 Å². The maximum absolute atomic E-state index is 11.2. The average Bonchev–Trinajstić information content (AvgIpc) is 2.87. The Morgan fingerprint density at radius 2 is 2.20 bits per heavy atom. The Hall–Kier alpha value is -1.63. The van der Waals surface area contributed by atoms with Gasteiger partial charge in [-0.2, -0.15) is 9.38 Å². The van der Waals surface area contributed by atoms with Crippen molar-refractivity contribution in [3.05, 3.63) is 21.7 Å². The zero-order valence-electron chi connectivity index (χ0n) is 12.0. The second kappa shape index (κ2) is 6.21. The first kappa shape index (κ1) is 14.8. The molecule has 2 heterocycles. The molecule has 0 fully saturated rings. The molecule has 0 aliphatic heterocycles. The number of nitrogens with one attached hydrogen (secondary N) is 1. The summed E-state index contributed by atoms with van der Waals surface area (Å²) in [6, 6.07) is 0.178. The van der Waals surface area contributed by atoms with Gasteiger partial charge in [0.2, 0.25) is 5.82 Å². The first-order valence-electron chi connectivity index (χ1n) is 6.85. The zero-order valence-corrected chi connectivity index (χ0v) is 12.8. The Balaban J connectivity index is 2.07. The number of fused-ring (bicyclic) bond motifs is 1. The minimum Gasteiger partial charge on any atom is -0.360 e. The van der Waals surface area contributed by atoms with Gasteiger partial charge in [0.05, 0.1) is 0 Å². The van der Waals surface area contributed by atoms with Crippen molar-refractivity contribution >= 4 is 27.9 Å².